The summed E-state index contributed by atoms with van der Waals surface area (Å²) >= 11 is 0. The van der Waals surface area contributed by atoms with Gasteiger partial charge in [0.25, 0.3) is 0 Å². The molecule has 0 bridgehead atoms. The maximum Gasteiger partial charge on any atom is 0.0582 e. The summed E-state index contributed by atoms with van der Waals surface area (Å²) in [6.07, 6.45) is 4.87. The highest BCUT2D eigenvalue weighted by molar-refractivity contribution is 5.39. The van der Waals surface area contributed by atoms with Crippen LogP contribution in [0.4, 0.5) is 0 Å². The van der Waals surface area contributed by atoms with E-state index >= 15 is 0 Å². The van der Waals surface area contributed by atoms with Gasteiger partial charge in [0.1, 0.15) is 0 Å². The summed E-state index contributed by atoms with van der Waals surface area (Å²) in [5.74, 6) is 0.637. The Morgan fingerprint density at radius 1 is 1.11 bits per heavy atom. The maximum absolute atomic E-state index is 4.12. The number of nitrogens with zero attached hydrogens (tertiary/aromatic N) is 1. The van der Waals surface area contributed by atoms with Gasteiger partial charge in [0, 0.05) is 18.4 Å². The number of hydrogen-bond donors (Lipinski definition) is 1. The molecule has 1 N–H and O–H groups in total. The molecule has 2 heteroatoms. The van der Waals surface area contributed by atoms with Crippen LogP contribution in [0.25, 0.3) is 0 Å². The van der Waals surface area contributed by atoms with Crippen molar-refractivity contribution in [3.63, 3.8) is 0 Å². The van der Waals surface area contributed by atoms with Gasteiger partial charge in [-0.1, -0.05) is 38.1 Å². The molecule has 19 heavy (non-hydrogen) atoms. The molecular weight excluding hydrogens is 232 g/mol. The molecule has 1 aliphatic rings. The van der Waals surface area contributed by atoms with Crippen molar-refractivity contribution in [2.45, 2.75) is 32.4 Å². The molecule has 1 aromatic heterocycles. The second-order valence-electron chi connectivity index (χ2n) is 5.63. The van der Waals surface area contributed by atoms with Crippen LogP contribution in [0.3, 0.4) is 0 Å². The molecule has 98 valence electrons. The normalized spacial score (nSPS) is 22.3. The second-order valence-corrected chi connectivity index (χ2v) is 5.63. The van der Waals surface area contributed by atoms with E-state index in [1.165, 1.54) is 16.7 Å². The number of benzene rings is 1. The first kappa shape index (κ1) is 12.4. The first-order valence-corrected chi connectivity index (χ1v) is 6.99. The summed E-state index contributed by atoms with van der Waals surface area (Å²) in [6, 6.07) is 13.8. The Hall–Kier alpha value is -1.67. The van der Waals surface area contributed by atoms with Crippen molar-refractivity contribution in [3.05, 3.63) is 65.5 Å². The molecule has 2 heterocycles. The van der Waals surface area contributed by atoms with Crippen LogP contribution in [0.1, 0.15) is 36.6 Å². The van der Waals surface area contributed by atoms with Crippen molar-refractivity contribution >= 4 is 0 Å². The van der Waals surface area contributed by atoms with Crippen molar-refractivity contribution in [1.29, 1.82) is 0 Å². The minimum Gasteiger partial charge on any atom is -0.303 e. The topological polar surface area (TPSA) is 24.9 Å². The molecule has 0 saturated carbocycles. The number of hydrogen-bond acceptors (Lipinski definition) is 2. The van der Waals surface area contributed by atoms with Crippen molar-refractivity contribution in [2.24, 2.45) is 5.92 Å². The van der Waals surface area contributed by atoms with Crippen molar-refractivity contribution in [3.8, 4) is 0 Å². The maximum atomic E-state index is 4.12. The minimum atomic E-state index is 0.292. The molecule has 2 aromatic rings. The number of nitrogens with one attached hydrogen (secondary N) is 1. The molecule has 0 saturated heterocycles. The molecule has 3 rings (SSSR count). The SMILES string of the molecule is CC(C)C1Cc2ccccc2C(c2ccncc2)N1. The average Bonchev–Trinajstić information content (AvgIpc) is 2.47. The van der Waals surface area contributed by atoms with E-state index in [4.69, 9.17) is 0 Å². The standard InChI is InChI=1S/C17H20N2/c1-12(2)16-11-14-5-3-4-6-15(14)17(19-16)13-7-9-18-10-8-13/h3-10,12,16-17,19H,11H2,1-2H3. The minimum absolute atomic E-state index is 0.292. The zero-order valence-corrected chi connectivity index (χ0v) is 11.5. The Bertz CT molecular complexity index is 548. The summed E-state index contributed by atoms with van der Waals surface area (Å²) in [5.41, 5.74) is 4.18. The van der Waals surface area contributed by atoms with Gasteiger partial charge in [-0.15, -0.1) is 0 Å². The molecule has 0 amide bonds. The molecule has 2 atom stereocenters. The van der Waals surface area contributed by atoms with Crippen LogP contribution in [-0.4, -0.2) is 11.0 Å². The molecule has 0 aliphatic carbocycles. The van der Waals surface area contributed by atoms with E-state index in [9.17, 15) is 0 Å². The summed E-state index contributed by atoms with van der Waals surface area (Å²) in [7, 11) is 0. The van der Waals surface area contributed by atoms with Crippen LogP contribution >= 0.6 is 0 Å². The lowest BCUT2D eigenvalue weighted by Gasteiger charge is -2.35. The van der Waals surface area contributed by atoms with Gasteiger partial charge in [0.2, 0.25) is 0 Å². The first-order valence-electron chi connectivity index (χ1n) is 6.99. The Balaban J connectivity index is 2.03. The smallest absolute Gasteiger partial charge is 0.0582 e. The predicted octanol–water partition coefficient (Wildman–Crippen LogP) is 3.34. The summed E-state index contributed by atoms with van der Waals surface area (Å²) in [5, 5.41) is 3.80. The van der Waals surface area contributed by atoms with E-state index in [0.29, 0.717) is 18.0 Å². The number of aromatic nitrogens is 1. The third-order valence-electron chi connectivity index (χ3n) is 4.03. The Morgan fingerprint density at radius 3 is 2.58 bits per heavy atom. The quantitative estimate of drug-likeness (QED) is 0.886. The Morgan fingerprint density at radius 2 is 1.84 bits per heavy atom. The molecule has 0 fully saturated rings. The number of fused-ring (bicyclic) bond motifs is 1. The van der Waals surface area contributed by atoms with Crippen molar-refractivity contribution < 1.29 is 0 Å². The molecule has 2 unspecified atom stereocenters. The highest BCUT2D eigenvalue weighted by atomic mass is 15.0. The van der Waals surface area contributed by atoms with Gasteiger partial charge in [-0.3, -0.25) is 4.98 Å². The van der Waals surface area contributed by atoms with Gasteiger partial charge in [0.15, 0.2) is 0 Å². The van der Waals surface area contributed by atoms with Gasteiger partial charge in [-0.2, -0.15) is 0 Å². The van der Waals surface area contributed by atoms with Gasteiger partial charge < -0.3 is 5.32 Å². The fraction of sp³-hybridized carbons (Fsp3) is 0.353. The van der Waals surface area contributed by atoms with Crippen LogP contribution < -0.4 is 5.32 Å². The molecule has 2 nitrogen and oxygen atoms in total. The van der Waals surface area contributed by atoms with E-state index in [2.05, 4.69) is 60.5 Å². The third-order valence-corrected chi connectivity index (χ3v) is 4.03. The van der Waals surface area contributed by atoms with E-state index in [0.717, 1.165) is 6.42 Å². The van der Waals surface area contributed by atoms with Gasteiger partial charge in [-0.05, 0) is 41.2 Å². The molecule has 1 aromatic carbocycles. The lowest BCUT2D eigenvalue weighted by atomic mass is 9.84. The zero-order chi connectivity index (χ0) is 13.2. The molecule has 1 aliphatic heterocycles. The van der Waals surface area contributed by atoms with Gasteiger partial charge >= 0.3 is 0 Å². The Labute approximate surface area is 114 Å². The molecular formula is C17H20N2. The second kappa shape index (κ2) is 5.14. The lowest BCUT2D eigenvalue weighted by Crippen LogP contribution is -2.43. The Kier molecular flexibility index (Phi) is 3.34. The van der Waals surface area contributed by atoms with E-state index in [1.807, 2.05) is 12.4 Å². The van der Waals surface area contributed by atoms with Crippen LogP contribution in [0.15, 0.2) is 48.8 Å². The summed E-state index contributed by atoms with van der Waals surface area (Å²) in [6.45, 7) is 4.57. The van der Waals surface area contributed by atoms with E-state index in [-0.39, 0.29) is 0 Å². The van der Waals surface area contributed by atoms with Crippen molar-refractivity contribution in [2.75, 3.05) is 0 Å². The largest absolute Gasteiger partial charge is 0.303 e. The lowest BCUT2D eigenvalue weighted by molar-refractivity contribution is 0.352. The van der Waals surface area contributed by atoms with E-state index < -0.39 is 0 Å². The van der Waals surface area contributed by atoms with Crippen LogP contribution in [0.2, 0.25) is 0 Å². The van der Waals surface area contributed by atoms with Gasteiger partial charge in [-0.25, -0.2) is 0 Å². The number of pyridine rings is 1. The van der Waals surface area contributed by atoms with E-state index in [1.54, 1.807) is 0 Å². The van der Waals surface area contributed by atoms with Gasteiger partial charge in [0.05, 0.1) is 6.04 Å². The highest BCUT2D eigenvalue weighted by Gasteiger charge is 2.28. The highest BCUT2D eigenvalue weighted by Crippen LogP contribution is 2.31. The summed E-state index contributed by atoms with van der Waals surface area (Å²) < 4.78 is 0. The number of rotatable bonds is 2. The van der Waals surface area contributed by atoms with Crippen LogP contribution in [0, 0.1) is 5.92 Å². The fourth-order valence-corrected chi connectivity index (χ4v) is 2.86. The third kappa shape index (κ3) is 2.41. The zero-order valence-electron chi connectivity index (χ0n) is 11.5. The first-order chi connectivity index (χ1) is 9.25. The predicted molar refractivity (Wildman–Crippen MR) is 78.0 cm³/mol. The molecule has 0 spiro atoms. The molecule has 0 radical (unpaired) electrons. The summed E-state index contributed by atoms with van der Waals surface area (Å²) in [4.78, 5) is 4.12. The average molecular weight is 252 g/mol. The van der Waals surface area contributed by atoms with Crippen LogP contribution in [-0.2, 0) is 6.42 Å². The monoisotopic (exact) mass is 252 g/mol. The van der Waals surface area contributed by atoms with Crippen molar-refractivity contribution in [1.82, 2.24) is 10.3 Å². The fourth-order valence-electron chi connectivity index (χ4n) is 2.86. The van der Waals surface area contributed by atoms with Crippen LogP contribution in [0.5, 0.6) is 0 Å².